The van der Waals surface area contributed by atoms with Crippen LogP contribution in [0.2, 0.25) is 0 Å². The highest BCUT2D eigenvalue weighted by atomic mass is 32.1. The second-order valence-corrected chi connectivity index (χ2v) is 5.12. The molecule has 5 heteroatoms. The minimum atomic E-state index is -0.917. The maximum Gasteiger partial charge on any atom is 0.326 e. The number of likely N-dealkylation sites (tertiary alicyclic amines) is 1. The Kier molecular flexibility index (Phi) is 4.02. The van der Waals surface area contributed by atoms with Gasteiger partial charge >= 0.3 is 5.97 Å². The zero-order chi connectivity index (χ0) is 11.6. The average molecular weight is 231 g/mol. The van der Waals surface area contributed by atoms with Crippen molar-refractivity contribution in [3.63, 3.8) is 0 Å². The molecule has 4 nitrogen and oxygen atoms in total. The van der Waals surface area contributed by atoms with Gasteiger partial charge in [0, 0.05) is 18.2 Å². The minimum Gasteiger partial charge on any atom is -0.480 e. The summed E-state index contributed by atoms with van der Waals surface area (Å²) in [7, 11) is 0. The van der Waals surface area contributed by atoms with Crippen LogP contribution in [0.3, 0.4) is 0 Å². The van der Waals surface area contributed by atoms with E-state index in [1.165, 1.54) is 4.90 Å². The van der Waals surface area contributed by atoms with Gasteiger partial charge in [0.15, 0.2) is 0 Å². The highest BCUT2D eigenvalue weighted by Gasteiger charge is 2.36. The van der Waals surface area contributed by atoms with Crippen LogP contribution in [0.1, 0.15) is 26.7 Å². The van der Waals surface area contributed by atoms with Crippen molar-refractivity contribution in [1.82, 2.24) is 4.90 Å². The number of carbonyl (C=O) groups is 2. The Bertz CT molecular complexity index is 267. The lowest BCUT2D eigenvalue weighted by atomic mass is 10.0. The Hall–Kier alpha value is -0.710. The van der Waals surface area contributed by atoms with Gasteiger partial charge in [0.1, 0.15) is 6.04 Å². The zero-order valence-electron chi connectivity index (χ0n) is 9.01. The van der Waals surface area contributed by atoms with E-state index < -0.39 is 12.0 Å². The maximum absolute atomic E-state index is 11.5. The largest absolute Gasteiger partial charge is 0.480 e. The highest BCUT2D eigenvalue weighted by Crippen LogP contribution is 2.22. The Balaban J connectivity index is 2.72. The zero-order valence-corrected chi connectivity index (χ0v) is 9.91. The van der Waals surface area contributed by atoms with Crippen molar-refractivity contribution in [1.29, 1.82) is 0 Å². The Morgan fingerprint density at radius 3 is 2.60 bits per heavy atom. The Morgan fingerprint density at radius 1 is 1.67 bits per heavy atom. The fourth-order valence-corrected chi connectivity index (χ4v) is 2.15. The van der Waals surface area contributed by atoms with Crippen LogP contribution in [0, 0.1) is 5.92 Å². The van der Waals surface area contributed by atoms with Crippen molar-refractivity contribution in [3.8, 4) is 0 Å². The summed E-state index contributed by atoms with van der Waals surface area (Å²) in [5.74, 6) is -0.750. The topological polar surface area (TPSA) is 57.6 Å². The molecule has 0 spiro atoms. The first-order valence-electron chi connectivity index (χ1n) is 5.12. The van der Waals surface area contributed by atoms with Crippen LogP contribution in [0.5, 0.6) is 0 Å². The molecule has 1 amide bonds. The van der Waals surface area contributed by atoms with Gasteiger partial charge < -0.3 is 10.0 Å². The Morgan fingerprint density at radius 2 is 2.27 bits per heavy atom. The van der Waals surface area contributed by atoms with Crippen LogP contribution >= 0.6 is 12.6 Å². The van der Waals surface area contributed by atoms with E-state index >= 15 is 0 Å². The summed E-state index contributed by atoms with van der Waals surface area (Å²) in [5.41, 5.74) is 0. The SMILES string of the molecule is CC(C)CC(C(=O)O)N1CC(S)CC1=O. The molecule has 0 bridgehead atoms. The average Bonchev–Trinajstić information content (AvgIpc) is 2.40. The molecule has 1 fully saturated rings. The molecule has 2 unspecified atom stereocenters. The number of aliphatic carboxylic acids is 1. The molecule has 86 valence electrons. The van der Waals surface area contributed by atoms with Crippen LogP contribution in [0.15, 0.2) is 0 Å². The van der Waals surface area contributed by atoms with Gasteiger partial charge in [-0.25, -0.2) is 4.79 Å². The first-order valence-corrected chi connectivity index (χ1v) is 5.63. The predicted octanol–water partition coefficient (Wildman–Crippen LogP) is 1.02. The van der Waals surface area contributed by atoms with Crippen LogP contribution < -0.4 is 0 Å². The van der Waals surface area contributed by atoms with Gasteiger partial charge in [-0.15, -0.1) is 0 Å². The molecular weight excluding hydrogens is 214 g/mol. The van der Waals surface area contributed by atoms with Crippen molar-refractivity contribution < 1.29 is 14.7 Å². The summed E-state index contributed by atoms with van der Waals surface area (Å²) in [4.78, 5) is 24.0. The molecule has 1 aliphatic rings. The molecule has 1 heterocycles. The number of carbonyl (C=O) groups excluding carboxylic acids is 1. The number of hydrogen-bond donors (Lipinski definition) is 2. The number of hydrogen-bond acceptors (Lipinski definition) is 3. The molecule has 0 aromatic rings. The van der Waals surface area contributed by atoms with Gasteiger partial charge in [0.05, 0.1) is 0 Å². The fraction of sp³-hybridized carbons (Fsp3) is 0.800. The highest BCUT2D eigenvalue weighted by molar-refractivity contribution is 7.81. The van der Waals surface area contributed by atoms with Crippen molar-refractivity contribution in [2.75, 3.05) is 6.54 Å². The van der Waals surface area contributed by atoms with Gasteiger partial charge in [-0.3, -0.25) is 4.79 Å². The molecule has 1 rings (SSSR count). The molecule has 1 saturated heterocycles. The van der Waals surface area contributed by atoms with E-state index in [9.17, 15) is 9.59 Å². The molecule has 0 aliphatic carbocycles. The summed E-state index contributed by atoms with van der Waals surface area (Å²) < 4.78 is 0. The van der Waals surface area contributed by atoms with Crippen molar-refractivity contribution >= 4 is 24.5 Å². The van der Waals surface area contributed by atoms with Crippen LogP contribution in [0.4, 0.5) is 0 Å². The van der Waals surface area contributed by atoms with Gasteiger partial charge in [-0.2, -0.15) is 12.6 Å². The smallest absolute Gasteiger partial charge is 0.326 e. The maximum atomic E-state index is 11.5. The van der Waals surface area contributed by atoms with E-state index in [2.05, 4.69) is 12.6 Å². The lowest BCUT2D eigenvalue weighted by Crippen LogP contribution is -2.43. The second-order valence-electron chi connectivity index (χ2n) is 4.39. The summed E-state index contributed by atoms with van der Waals surface area (Å²) in [6.07, 6.45) is 0.854. The number of rotatable bonds is 4. The summed E-state index contributed by atoms with van der Waals surface area (Å²) in [6.45, 7) is 4.36. The van der Waals surface area contributed by atoms with E-state index in [4.69, 9.17) is 5.11 Å². The first-order chi connectivity index (χ1) is 6.91. The van der Waals surface area contributed by atoms with Crippen LogP contribution in [-0.2, 0) is 9.59 Å². The van der Waals surface area contributed by atoms with Gasteiger partial charge in [0.25, 0.3) is 0 Å². The van der Waals surface area contributed by atoms with Crippen LogP contribution in [0.25, 0.3) is 0 Å². The Labute approximate surface area is 95.1 Å². The monoisotopic (exact) mass is 231 g/mol. The van der Waals surface area contributed by atoms with Crippen molar-refractivity contribution in [2.24, 2.45) is 5.92 Å². The minimum absolute atomic E-state index is 0.0217. The summed E-state index contributed by atoms with van der Waals surface area (Å²) in [5, 5.41) is 9.05. The standard InChI is InChI=1S/C10H17NO3S/c1-6(2)3-8(10(13)14)11-5-7(15)4-9(11)12/h6-8,15H,3-5H2,1-2H3,(H,13,14). The fourth-order valence-electron chi connectivity index (χ4n) is 1.82. The van der Waals surface area contributed by atoms with E-state index in [0.29, 0.717) is 19.4 Å². The molecular formula is C10H17NO3S. The number of carboxylic acids is 1. The van der Waals surface area contributed by atoms with Crippen molar-refractivity contribution in [3.05, 3.63) is 0 Å². The first kappa shape index (κ1) is 12.4. The lowest BCUT2D eigenvalue weighted by Gasteiger charge is -2.25. The predicted molar refractivity (Wildman–Crippen MR) is 60.0 cm³/mol. The van der Waals surface area contributed by atoms with E-state index in [0.717, 1.165) is 0 Å². The van der Waals surface area contributed by atoms with Gasteiger partial charge in [0.2, 0.25) is 5.91 Å². The molecule has 0 aromatic heterocycles. The molecule has 2 atom stereocenters. The quantitative estimate of drug-likeness (QED) is 0.710. The number of amides is 1. The van der Waals surface area contributed by atoms with Crippen molar-refractivity contribution in [2.45, 2.75) is 38.0 Å². The molecule has 0 saturated carbocycles. The summed E-state index contributed by atoms with van der Waals surface area (Å²) >= 11 is 4.21. The van der Waals surface area contributed by atoms with E-state index in [-0.39, 0.29) is 17.1 Å². The van der Waals surface area contributed by atoms with Crippen LogP contribution in [-0.4, -0.2) is 39.7 Å². The normalized spacial score (nSPS) is 23.6. The molecule has 15 heavy (non-hydrogen) atoms. The third-order valence-electron chi connectivity index (χ3n) is 2.49. The number of carboxylic acid groups (broad SMARTS) is 1. The number of thiol groups is 1. The van der Waals surface area contributed by atoms with E-state index in [1.807, 2.05) is 13.8 Å². The third-order valence-corrected chi connectivity index (χ3v) is 2.84. The van der Waals surface area contributed by atoms with Gasteiger partial charge in [-0.05, 0) is 12.3 Å². The molecule has 1 N–H and O–H groups in total. The van der Waals surface area contributed by atoms with Gasteiger partial charge in [-0.1, -0.05) is 13.8 Å². The molecule has 0 aromatic carbocycles. The molecule has 1 aliphatic heterocycles. The lowest BCUT2D eigenvalue weighted by molar-refractivity contribution is -0.149. The second kappa shape index (κ2) is 4.88. The third kappa shape index (κ3) is 3.12. The van der Waals surface area contributed by atoms with E-state index in [1.54, 1.807) is 0 Å². The number of nitrogens with zero attached hydrogens (tertiary/aromatic N) is 1. The summed E-state index contributed by atoms with van der Waals surface area (Å²) in [6, 6.07) is -0.686. The molecule has 0 radical (unpaired) electrons.